The molecule has 0 amide bonds. The highest BCUT2D eigenvalue weighted by Gasteiger charge is 2.18. The first-order chi connectivity index (χ1) is 10.9. The summed E-state index contributed by atoms with van der Waals surface area (Å²) < 4.78 is 32.5. The van der Waals surface area contributed by atoms with Crippen molar-refractivity contribution in [1.82, 2.24) is 4.72 Å². The third-order valence-electron chi connectivity index (χ3n) is 3.14. The average Bonchev–Trinajstić information content (AvgIpc) is 2.54. The summed E-state index contributed by atoms with van der Waals surface area (Å²) in [4.78, 5) is -0.0281. The molecule has 0 saturated heterocycles. The molecule has 0 fully saturated rings. The number of hydrogen-bond donors (Lipinski definition) is 1. The number of sulfonamides is 1. The van der Waals surface area contributed by atoms with E-state index < -0.39 is 10.0 Å². The lowest BCUT2D eigenvalue weighted by Crippen LogP contribution is -2.23. The van der Waals surface area contributed by atoms with Crippen LogP contribution >= 0.6 is 23.2 Å². The van der Waals surface area contributed by atoms with Gasteiger partial charge in [-0.25, -0.2) is 13.1 Å². The summed E-state index contributed by atoms with van der Waals surface area (Å²) in [5.74, 6) is 0. The van der Waals surface area contributed by atoms with Crippen LogP contribution in [0.15, 0.2) is 47.4 Å². The third kappa shape index (κ3) is 5.19. The van der Waals surface area contributed by atoms with E-state index in [9.17, 15) is 8.42 Å². The van der Waals surface area contributed by atoms with Gasteiger partial charge in [-0.05, 0) is 36.2 Å². The summed E-state index contributed by atoms with van der Waals surface area (Å²) in [5.41, 5.74) is 1.88. The van der Waals surface area contributed by atoms with Crippen LogP contribution in [0.2, 0.25) is 10.0 Å². The molecule has 0 atom stereocenters. The normalized spacial score (nSPS) is 11.6. The zero-order valence-electron chi connectivity index (χ0n) is 12.6. The van der Waals surface area contributed by atoms with Crippen molar-refractivity contribution in [3.8, 4) is 0 Å². The Bertz CT molecular complexity index is 761. The quantitative estimate of drug-likeness (QED) is 0.797. The molecule has 0 aliphatic heterocycles. The average molecular weight is 374 g/mol. The van der Waals surface area contributed by atoms with Crippen molar-refractivity contribution in [2.45, 2.75) is 25.0 Å². The third-order valence-corrected chi connectivity index (χ3v) is 5.26. The van der Waals surface area contributed by atoms with Gasteiger partial charge >= 0.3 is 0 Å². The summed E-state index contributed by atoms with van der Waals surface area (Å²) in [6.07, 6.45) is 0. The number of nitrogens with one attached hydrogen (secondary N) is 1. The Morgan fingerprint density at radius 3 is 2.35 bits per heavy atom. The Balaban J connectivity index is 2.05. The van der Waals surface area contributed by atoms with Gasteiger partial charge in [0.25, 0.3) is 0 Å². The molecule has 0 aliphatic carbocycles. The van der Waals surface area contributed by atoms with Crippen molar-refractivity contribution < 1.29 is 13.2 Å². The smallest absolute Gasteiger partial charge is 0.242 e. The minimum absolute atomic E-state index is 0.0281. The summed E-state index contributed by atoms with van der Waals surface area (Å²) in [6.45, 7) is 3.30. The van der Waals surface area contributed by atoms with Gasteiger partial charge in [-0.1, -0.05) is 47.5 Å². The van der Waals surface area contributed by atoms with Crippen LogP contribution in [-0.4, -0.2) is 15.0 Å². The van der Waals surface area contributed by atoms with Gasteiger partial charge in [0, 0.05) is 18.2 Å². The molecule has 1 N–H and O–H groups in total. The number of halogens is 2. The molecule has 4 nitrogen and oxygen atoms in total. The van der Waals surface area contributed by atoms with Crippen molar-refractivity contribution in [1.29, 1.82) is 0 Å². The van der Waals surface area contributed by atoms with Crippen LogP contribution in [0.5, 0.6) is 0 Å². The van der Waals surface area contributed by atoms with Crippen molar-refractivity contribution in [3.05, 3.63) is 63.6 Å². The number of benzene rings is 2. The summed E-state index contributed by atoms with van der Waals surface area (Å²) in [7, 11) is -3.73. The molecule has 0 bridgehead atoms. The van der Waals surface area contributed by atoms with Gasteiger partial charge in [0.05, 0.1) is 11.6 Å². The molecule has 2 aromatic rings. The monoisotopic (exact) mass is 373 g/mol. The van der Waals surface area contributed by atoms with Crippen molar-refractivity contribution in [2.75, 3.05) is 6.61 Å². The molecule has 0 saturated carbocycles. The topological polar surface area (TPSA) is 55.4 Å². The first kappa shape index (κ1) is 18.2. The highest BCUT2D eigenvalue weighted by atomic mass is 35.5. The van der Waals surface area contributed by atoms with Crippen LogP contribution in [-0.2, 0) is 27.9 Å². The second kappa shape index (κ2) is 8.13. The van der Waals surface area contributed by atoms with Gasteiger partial charge in [-0.3, -0.25) is 0 Å². The molecule has 23 heavy (non-hydrogen) atoms. The second-order valence-electron chi connectivity index (χ2n) is 4.85. The van der Waals surface area contributed by atoms with Gasteiger partial charge < -0.3 is 4.74 Å². The Hall–Kier alpha value is -1.11. The Morgan fingerprint density at radius 1 is 1.04 bits per heavy atom. The van der Waals surface area contributed by atoms with Crippen LogP contribution in [0, 0.1) is 0 Å². The molecule has 2 rings (SSSR count). The lowest BCUT2D eigenvalue weighted by molar-refractivity contribution is 0.134. The SMILES string of the molecule is CCOCc1ccc(CNS(=O)(=O)c2cc(Cl)ccc2Cl)cc1. The van der Waals surface area contributed by atoms with E-state index in [-0.39, 0.29) is 16.5 Å². The number of hydrogen-bond acceptors (Lipinski definition) is 3. The van der Waals surface area contributed by atoms with Gasteiger partial charge in [0.1, 0.15) is 4.90 Å². The van der Waals surface area contributed by atoms with Gasteiger partial charge in [-0.15, -0.1) is 0 Å². The predicted octanol–water partition coefficient (Wildman–Crippen LogP) is 4.01. The van der Waals surface area contributed by atoms with E-state index in [0.29, 0.717) is 18.2 Å². The zero-order valence-corrected chi connectivity index (χ0v) is 14.9. The van der Waals surface area contributed by atoms with Gasteiger partial charge in [-0.2, -0.15) is 0 Å². The maximum Gasteiger partial charge on any atom is 0.242 e. The van der Waals surface area contributed by atoms with Crippen molar-refractivity contribution >= 4 is 33.2 Å². The lowest BCUT2D eigenvalue weighted by Gasteiger charge is -2.09. The van der Waals surface area contributed by atoms with E-state index in [1.165, 1.54) is 12.1 Å². The number of ether oxygens (including phenoxy) is 1. The second-order valence-corrected chi connectivity index (χ2v) is 7.43. The van der Waals surface area contributed by atoms with Crippen LogP contribution < -0.4 is 4.72 Å². The molecule has 0 aliphatic rings. The molecule has 2 aromatic carbocycles. The highest BCUT2D eigenvalue weighted by Crippen LogP contribution is 2.25. The minimum atomic E-state index is -3.73. The van der Waals surface area contributed by atoms with Gasteiger partial charge in [0.2, 0.25) is 10.0 Å². The molecule has 0 aromatic heterocycles. The van der Waals surface area contributed by atoms with E-state index >= 15 is 0 Å². The molecular formula is C16H17Cl2NO3S. The first-order valence-electron chi connectivity index (χ1n) is 7.02. The van der Waals surface area contributed by atoms with Crippen LogP contribution in [0.4, 0.5) is 0 Å². The fourth-order valence-corrected chi connectivity index (χ4v) is 3.69. The maximum absolute atomic E-state index is 12.3. The van der Waals surface area contributed by atoms with E-state index in [2.05, 4.69) is 4.72 Å². The fourth-order valence-electron chi connectivity index (χ4n) is 1.91. The Kier molecular flexibility index (Phi) is 6.44. The van der Waals surface area contributed by atoms with Crippen LogP contribution in [0.3, 0.4) is 0 Å². The Morgan fingerprint density at radius 2 is 1.70 bits per heavy atom. The largest absolute Gasteiger partial charge is 0.377 e. The van der Waals surface area contributed by atoms with Crippen LogP contribution in [0.1, 0.15) is 18.1 Å². The first-order valence-corrected chi connectivity index (χ1v) is 9.26. The van der Waals surface area contributed by atoms with E-state index in [0.717, 1.165) is 11.1 Å². The summed E-state index contributed by atoms with van der Waals surface area (Å²) in [5, 5.41) is 0.448. The molecule has 124 valence electrons. The molecule has 0 spiro atoms. The highest BCUT2D eigenvalue weighted by molar-refractivity contribution is 7.89. The molecule has 0 radical (unpaired) electrons. The maximum atomic E-state index is 12.3. The summed E-state index contributed by atoms with van der Waals surface area (Å²) >= 11 is 11.8. The van der Waals surface area contributed by atoms with E-state index in [4.69, 9.17) is 27.9 Å². The zero-order chi connectivity index (χ0) is 16.9. The number of rotatable bonds is 7. The standard InChI is InChI=1S/C16H17Cl2NO3S/c1-2-22-11-13-5-3-12(4-6-13)10-19-23(20,21)16-9-14(17)7-8-15(16)18/h3-9,19H,2,10-11H2,1H3. The van der Waals surface area contributed by atoms with Crippen molar-refractivity contribution in [3.63, 3.8) is 0 Å². The van der Waals surface area contributed by atoms with Crippen molar-refractivity contribution in [2.24, 2.45) is 0 Å². The summed E-state index contributed by atoms with van der Waals surface area (Å²) in [6, 6.07) is 11.9. The predicted molar refractivity (Wildman–Crippen MR) is 92.3 cm³/mol. The molecule has 0 unspecified atom stereocenters. The minimum Gasteiger partial charge on any atom is -0.377 e. The van der Waals surface area contributed by atoms with Gasteiger partial charge in [0.15, 0.2) is 0 Å². The van der Waals surface area contributed by atoms with E-state index in [1.54, 1.807) is 6.07 Å². The molecular weight excluding hydrogens is 357 g/mol. The van der Waals surface area contributed by atoms with E-state index in [1.807, 2.05) is 31.2 Å². The lowest BCUT2D eigenvalue weighted by atomic mass is 10.1. The molecule has 0 heterocycles. The molecule has 7 heteroatoms. The fraction of sp³-hybridized carbons (Fsp3) is 0.250. The Labute approximate surface area is 146 Å². The van der Waals surface area contributed by atoms with Crippen LogP contribution in [0.25, 0.3) is 0 Å².